The van der Waals surface area contributed by atoms with Crippen LogP contribution in [-0.4, -0.2) is 12.6 Å². The summed E-state index contributed by atoms with van der Waals surface area (Å²) in [6.07, 6.45) is 1.29. The van der Waals surface area contributed by atoms with Gasteiger partial charge in [-0.1, -0.05) is 28.9 Å². The number of hydrogen-bond acceptors (Lipinski definition) is 2. The second kappa shape index (κ2) is 5.91. The lowest BCUT2D eigenvalue weighted by molar-refractivity contribution is -0.142. The number of benzene rings is 1. The maximum atomic E-state index is 11.3. The molecule has 0 aliphatic heterocycles. The van der Waals surface area contributed by atoms with Gasteiger partial charge in [0, 0.05) is 4.47 Å². The molecule has 0 bridgehead atoms. The van der Waals surface area contributed by atoms with Gasteiger partial charge in [-0.2, -0.15) is 0 Å². The molecule has 0 aliphatic rings. The second-order valence-corrected chi connectivity index (χ2v) is 4.16. The monoisotopic (exact) mass is 270 g/mol. The Morgan fingerprint density at radius 1 is 1.33 bits per heavy atom. The van der Waals surface area contributed by atoms with E-state index in [0.717, 1.165) is 16.5 Å². The Balaban J connectivity index is 2.80. The molecule has 1 rings (SSSR count). The minimum Gasteiger partial charge on any atom is -0.466 e. The molecule has 0 fully saturated rings. The van der Waals surface area contributed by atoms with Gasteiger partial charge >= 0.3 is 5.97 Å². The van der Waals surface area contributed by atoms with E-state index in [-0.39, 0.29) is 5.97 Å². The van der Waals surface area contributed by atoms with Gasteiger partial charge in [0.1, 0.15) is 0 Å². The van der Waals surface area contributed by atoms with Crippen molar-refractivity contribution in [1.29, 1.82) is 0 Å². The molecule has 0 saturated heterocycles. The highest BCUT2D eigenvalue weighted by Gasteiger charge is 2.07. The van der Waals surface area contributed by atoms with Crippen molar-refractivity contribution in [3.8, 4) is 0 Å². The lowest BCUT2D eigenvalue weighted by atomic mass is 10.0. The van der Waals surface area contributed by atoms with Crippen molar-refractivity contribution in [2.45, 2.75) is 26.7 Å². The van der Waals surface area contributed by atoms with Gasteiger partial charge in [0.15, 0.2) is 0 Å². The van der Waals surface area contributed by atoms with Crippen LogP contribution < -0.4 is 0 Å². The maximum absolute atomic E-state index is 11.3. The molecule has 0 saturated carbocycles. The van der Waals surface area contributed by atoms with Crippen LogP contribution in [0.2, 0.25) is 0 Å². The van der Waals surface area contributed by atoms with E-state index in [0.29, 0.717) is 13.0 Å². The van der Waals surface area contributed by atoms with Gasteiger partial charge in [0.05, 0.1) is 13.0 Å². The van der Waals surface area contributed by atoms with Gasteiger partial charge in [0.25, 0.3) is 0 Å². The van der Waals surface area contributed by atoms with E-state index in [1.54, 1.807) is 0 Å². The highest BCUT2D eigenvalue weighted by molar-refractivity contribution is 9.10. The van der Waals surface area contributed by atoms with Gasteiger partial charge in [-0.15, -0.1) is 0 Å². The molecular weight excluding hydrogens is 256 g/mol. The van der Waals surface area contributed by atoms with Crippen molar-refractivity contribution in [2.75, 3.05) is 6.61 Å². The fraction of sp³-hybridized carbons (Fsp3) is 0.417. The average Bonchev–Trinajstić information content (AvgIpc) is 2.21. The van der Waals surface area contributed by atoms with Crippen LogP contribution in [-0.2, 0) is 22.4 Å². The summed E-state index contributed by atoms with van der Waals surface area (Å²) in [6, 6.07) is 5.97. The molecular formula is C12H15BrO2. The molecule has 0 spiro atoms. The van der Waals surface area contributed by atoms with Crippen LogP contribution in [0.15, 0.2) is 22.7 Å². The van der Waals surface area contributed by atoms with E-state index in [1.807, 2.05) is 19.1 Å². The normalized spacial score (nSPS) is 10.1. The number of aryl methyl sites for hydroxylation is 1. The summed E-state index contributed by atoms with van der Waals surface area (Å²) >= 11 is 3.42. The van der Waals surface area contributed by atoms with Crippen molar-refractivity contribution in [3.05, 3.63) is 33.8 Å². The number of rotatable bonds is 4. The predicted molar refractivity (Wildman–Crippen MR) is 63.9 cm³/mol. The zero-order valence-corrected chi connectivity index (χ0v) is 10.6. The summed E-state index contributed by atoms with van der Waals surface area (Å²) in [5.41, 5.74) is 2.25. The molecule has 0 aromatic heterocycles. The number of carbonyl (C=O) groups excluding carboxylic acids is 1. The topological polar surface area (TPSA) is 26.3 Å². The fourth-order valence-corrected chi connectivity index (χ4v) is 1.87. The fourth-order valence-electron chi connectivity index (χ4n) is 1.46. The Hall–Kier alpha value is -0.830. The summed E-state index contributed by atoms with van der Waals surface area (Å²) in [7, 11) is 0. The first kappa shape index (κ1) is 12.2. The van der Waals surface area contributed by atoms with E-state index < -0.39 is 0 Å². The lowest BCUT2D eigenvalue weighted by Crippen LogP contribution is -2.09. The number of esters is 1. The van der Waals surface area contributed by atoms with Crippen molar-refractivity contribution in [3.63, 3.8) is 0 Å². The van der Waals surface area contributed by atoms with Crippen LogP contribution in [0.5, 0.6) is 0 Å². The molecule has 0 N–H and O–H groups in total. The summed E-state index contributed by atoms with van der Waals surface area (Å²) in [6.45, 7) is 4.34. The Morgan fingerprint density at radius 2 is 2.07 bits per heavy atom. The Morgan fingerprint density at radius 3 is 2.67 bits per heavy atom. The zero-order chi connectivity index (χ0) is 11.3. The van der Waals surface area contributed by atoms with Crippen molar-refractivity contribution >= 4 is 21.9 Å². The van der Waals surface area contributed by atoms with E-state index in [2.05, 4.69) is 28.9 Å². The third-order valence-corrected chi connectivity index (χ3v) is 2.68. The molecule has 0 amide bonds. The van der Waals surface area contributed by atoms with Crippen LogP contribution in [0.25, 0.3) is 0 Å². The van der Waals surface area contributed by atoms with Crippen LogP contribution in [0.4, 0.5) is 0 Å². The summed E-state index contributed by atoms with van der Waals surface area (Å²) in [5.74, 6) is -0.158. The average molecular weight is 271 g/mol. The van der Waals surface area contributed by atoms with Crippen molar-refractivity contribution < 1.29 is 9.53 Å². The number of halogens is 1. The first-order chi connectivity index (χ1) is 7.17. The largest absolute Gasteiger partial charge is 0.466 e. The number of carbonyl (C=O) groups is 1. The molecule has 0 unspecified atom stereocenters. The van der Waals surface area contributed by atoms with E-state index in [9.17, 15) is 4.79 Å². The standard InChI is InChI=1S/C12H15BrO2/c1-3-9-7-11(13)6-5-10(9)8-12(14)15-4-2/h5-7H,3-4,8H2,1-2H3. The first-order valence-corrected chi connectivity index (χ1v) is 5.89. The van der Waals surface area contributed by atoms with Crippen LogP contribution in [0.3, 0.4) is 0 Å². The molecule has 3 heteroatoms. The van der Waals surface area contributed by atoms with Gasteiger partial charge in [-0.05, 0) is 36.6 Å². The van der Waals surface area contributed by atoms with Gasteiger partial charge in [0.2, 0.25) is 0 Å². The maximum Gasteiger partial charge on any atom is 0.310 e. The highest BCUT2D eigenvalue weighted by atomic mass is 79.9. The van der Waals surface area contributed by atoms with Crippen LogP contribution in [0.1, 0.15) is 25.0 Å². The molecule has 0 aliphatic carbocycles. The highest BCUT2D eigenvalue weighted by Crippen LogP contribution is 2.18. The Labute approximate surface area is 98.8 Å². The Bertz CT molecular complexity index is 347. The molecule has 0 atom stereocenters. The first-order valence-electron chi connectivity index (χ1n) is 5.10. The summed E-state index contributed by atoms with van der Waals surface area (Å²) in [4.78, 5) is 11.3. The third-order valence-electron chi connectivity index (χ3n) is 2.19. The molecule has 1 aromatic rings. The Kier molecular flexibility index (Phi) is 4.82. The van der Waals surface area contributed by atoms with E-state index in [1.165, 1.54) is 5.56 Å². The quantitative estimate of drug-likeness (QED) is 0.786. The predicted octanol–water partition coefficient (Wildman–Crippen LogP) is 3.12. The van der Waals surface area contributed by atoms with Crippen LogP contribution >= 0.6 is 15.9 Å². The van der Waals surface area contributed by atoms with E-state index in [4.69, 9.17) is 4.74 Å². The summed E-state index contributed by atoms with van der Waals surface area (Å²) in [5, 5.41) is 0. The smallest absolute Gasteiger partial charge is 0.310 e. The minimum atomic E-state index is -0.158. The number of ether oxygens (including phenoxy) is 1. The summed E-state index contributed by atoms with van der Waals surface area (Å²) < 4.78 is 5.97. The second-order valence-electron chi connectivity index (χ2n) is 3.25. The van der Waals surface area contributed by atoms with Gasteiger partial charge in [-0.25, -0.2) is 0 Å². The van der Waals surface area contributed by atoms with Gasteiger partial charge in [-0.3, -0.25) is 4.79 Å². The minimum absolute atomic E-state index is 0.158. The van der Waals surface area contributed by atoms with Crippen molar-refractivity contribution in [2.24, 2.45) is 0 Å². The van der Waals surface area contributed by atoms with E-state index >= 15 is 0 Å². The number of hydrogen-bond donors (Lipinski definition) is 0. The zero-order valence-electron chi connectivity index (χ0n) is 9.05. The van der Waals surface area contributed by atoms with Crippen molar-refractivity contribution in [1.82, 2.24) is 0 Å². The SMILES string of the molecule is CCOC(=O)Cc1ccc(Br)cc1CC. The van der Waals surface area contributed by atoms with Gasteiger partial charge < -0.3 is 4.74 Å². The van der Waals surface area contributed by atoms with Crippen LogP contribution in [0, 0.1) is 0 Å². The molecule has 1 aromatic carbocycles. The molecule has 15 heavy (non-hydrogen) atoms. The molecule has 82 valence electrons. The molecule has 0 radical (unpaired) electrons. The third kappa shape index (κ3) is 3.67. The molecule has 2 nitrogen and oxygen atoms in total. The lowest BCUT2D eigenvalue weighted by Gasteiger charge is -2.07. The molecule has 0 heterocycles.